The molecule has 1 amide bonds. The highest BCUT2D eigenvalue weighted by Gasteiger charge is 2.39. The summed E-state index contributed by atoms with van der Waals surface area (Å²) in [5.74, 6) is 0. The molecule has 3 rings (SSSR count). The Morgan fingerprint density at radius 1 is 1.21 bits per heavy atom. The van der Waals surface area contributed by atoms with Crippen LogP contribution in [0.1, 0.15) is 31.9 Å². The number of hydrogen-bond acceptors (Lipinski definition) is 3. The molecule has 0 radical (unpaired) electrons. The van der Waals surface area contributed by atoms with Crippen LogP contribution in [0.15, 0.2) is 18.2 Å². The second kappa shape index (κ2) is 5.57. The summed E-state index contributed by atoms with van der Waals surface area (Å²) in [6.07, 6.45) is -4.19. The van der Waals surface area contributed by atoms with E-state index in [2.05, 4.69) is 4.90 Å². The van der Waals surface area contributed by atoms with E-state index in [9.17, 15) is 18.0 Å². The van der Waals surface area contributed by atoms with Gasteiger partial charge in [-0.25, -0.2) is 4.79 Å². The van der Waals surface area contributed by atoms with Gasteiger partial charge in [-0.1, -0.05) is 0 Å². The van der Waals surface area contributed by atoms with Gasteiger partial charge in [-0.15, -0.1) is 0 Å². The highest BCUT2D eigenvalue weighted by atomic mass is 19.4. The van der Waals surface area contributed by atoms with Crippen molar-refractivity contribution in [1.82, 2.24) is 4.90 Å². The van der Waals surface area contributed by atoms with E-state index < -0.39 is 17.3 Å². The average Bonchev–Trinajstić information content (AvgIpc) is 2.81. The molecule has 1 unspecified atom stereocenters. The normalized spacial score (nSPS) is 20.7. The maximum Gasteiger partial charge on any atom is 0.416 e. The second-order valence-corrected chi connectivity index (χ2v) is 7.32. The maximum atomic E-state index is 12.9. The molecule has 1 fully saturated rings. The van der Waals surface area contributed by atoms with E-state index in [1.165, 1.54) is 6.07 Å². The average molecular weight is 342 g/mol. The first-order valence-electron chi connectivity index (χ1n) is 7.99. The summed E-state index contributed by atoms with van der Waals surface area (Å²) in [7, 11) is 0. The number of nitrogens with zero attached hydrogens (tertiary/aromatic N) is 2. The second-order valence-electron chi connectivity index (χ2n) is 7.32. The van der Waals surface area contributed by atoms with Crippen molar-refractivity contribution in [3.05, 3.63) is 29.3 Å². The standard InChI is InChI=1S/C17H21F3N2O2/c1-16(2,3)24-15(23)21-6-7-22-13(10-21)9-11-8-12(17(18,19)20)4-5-14(11)22/h4-5,8,13H,6-7,9-10H2,1-3H3. The number of halogens is 3. The van der Waals surface area contributed by atoms with Crippen molar-refractivity contribution in [3.8, 4) is 0 Å². The Morgan fingerprint density at radius 3 is 2.54 bits per heavy atom. The Bertz CT molecular complexity index is 652. The van der Waals surface area contributed by atoms with Gasteiger partial charge in [0.15, 0.2) is 0 Å². The van der Waals surface area contributed by atoms with Crippen LogP contribution in [0.3, 0.4) is 0 Å². The van der Waals surface area contributed by atoms with E-state index in [1.54, 1.807) is 11.0 Å². The SMILES string of the molecule is CC(C)(C)OC(=O)N1CCN2c3ccc(C(F)(F)F)cc3CC2C1. The molecule has 0 aromatic heterocycles. The molecule has 1 aromatic carbocycles. The van der Waals surface area contributed by atoms with E-state index in [1.807, 2.05) is 20.8 Å². The van der Waals surface area contributed by atoms with Gasteiger partial charge in [0.25, 0.3) is 0 Å². The molecule has 4 nitrogen and oxygen atoms in total. The molecule has 0 N–H and O–H groups in total. The van der Waals surface area contributed by atoms with E-state index in [-0.39, 0.29) is 12.1 Å². The summed E-state index contributed by atoms with van der Waals surface area (Å²) in [5.41, 5.74) is 0.358. The van der Waals surface area contributed by atoms with E-state index in [4.69, 9.17) is 4.74 Å². The lowest BCUT2D eigenvalue weighted by molar-refractivity contribution is -0.137. The maximum absolute atomic E-state index is 12.9. The minimum Gasteiger partial charge on any atom is -0.444 e. The van der Waals surface area contributed by atoms with Crippen molar-refractivity contribution >= 4 is 11.8 Å². The van der Waals surface area contributed by atoms with Crippen LogP contribution < -0.4 is 4.90 Å². The summed E-state index contributed by atoms with van der Waals surface area (Å²) < 4.78 is 44.0. The number of anilines is 1. The predicted molar refractivity (Wildman–Crippen MR) is 84.1 cm³/mol. The number of amides is 1. The molecule has 0 aliphatic carbocycles. The van der Waals surface area contributed by atoms with Gasteiger partial charge in [-0.05, 0) is 51.0 Å². The molecule has 2 heterocycles. The fourth-order valence-corrected chi connectivity index (χ4v) is 3.30. The minimum absolute atomic E-state index is 0.00440. The topological polar surface area (TPSA) is 32.8 Å². The van der Waals surface area contributed by atoms with Gasteiger partial charge in [0.05, 0.1) is 11.6 Å². The van der Waals surface area contributed by atoms with Crippen LogP contribution in [0.4, 0.5) is 23.7 Å². The number of rotatable bonds is 0. The van der Waals surface area contributed by atoms with Crippen LogP contribution in [0.25, 0.3) is 0 Å². The third kappa shape index (κ3) is 3.30. The van der Waals surface area contributed by atoms with Crippen molar-refractivity contribution in [2.75, 3.05) is 24.5 Å². The summed E-state index contributed by atoms with van der Waals surface area (Å²) in [4.78, 5) is 15.9. The first-order chi connectivity index (χ1) is 11.0. The zero-order valence-corrected chi connectivity index (χ0v) is 14.0. The third-order valence-electron chi connectivity index (χ3n) is 4.31. The molecule has 0 spiro atoms. The Morgan fingerprint density at radius 2 is 1.92 bits per heavy atom. The summed E-state index contributed by atoms with van der Waals surface area (Å²) in [6, 6.07) is 3.90. The molecule has 24 heavy (non-hydrogen) atoms. The lowest BCUT2D eigenvalue weighted by atomic mass is 10.1. The molecule has 132 valence electrons. The number of piperazine rings is 1. The Balaban J connectivity index is 1.73. The molecule has 7 heteroatoms. The van der Waals surface area contributed by atoms with Crippen molar-refractivity contribution in [3.63, 3.8) is 0 Å². The van der Waals surface area contributed by atoms with Gasteiger partial charge >= 0.3 is 12.3 Å². The van der Waals surface area contributed by atoms with Crippen LogP contribution in [0, 0.1) is 0 Å². The number of benzene rings is 1. The molecule has 0 saturated carbocycles. The number of hydrogen-bond donors (Lipinski definition) is 0. The van der Waals surface area contributed by atoms with Gasteiger partial charge in [0.1, 0.15) is 5.60 Å². The van der Waals surface area contributed by atoms with E-state index in [0.717, 1.165) is 11.8 Å². The van der Waals surface area contributed by atoms with Crippen molar-refractivity contribution in [2.24, 2.45) is 0 Å². The quantitative estimate of drug-likeness (QED) is 0.721. The summed E-state index contributed by atoms with van der Waals surface area (Å²) in [6.45, 7) is 7.00. The summed E-state index contributed by atoms with van der Waals surface area (Å²) in [5, 5.41) is 0. The van der Waals surface area contributed by atoms with Crippen molar-refractivity contribution in [1.29, 1.82) is 0 Å². The Kier molecular flexibility index (Phi) is 3.92. The van der Waals surface area contributed by atoms with Gasteiger partial charge in [0.2, 0.25) is 0 Å². The van der Waals surface area contributed by atoms with E-state index in [0.29, 0.717) is 31.6 Å². The number of alkyl halides is 3. The molecule has 0 bridgehead atoms. The zero-order chi connectivity index (χ0) is 17.7. The minimum atomic E-state index is -4.33. The molecule has 1 atom stereocenters. The number of carbonyl (C=O) groups excluding carboxylic acids is 1. The van der Waals surface area contributed by atoms with Gasteiger partial charge in [-0.2, -0.15) is 13.2 Å². The van der Waals surface area contributed by atoms with E-state index >= 15 is 0 Å². The van der Waals surface area contributed by atoms with Gasteiger partial charge < -0.3 is 14.5 Å². The molecule has 2 aliphatic heterocycles. The first kappa shape index (κ1) is 16.9. The monoisotopic (exact) mass is 342 g/mol. The van der Waals surface area contributed by atoms with Crippen molar-refractivity contribution in [2.45, 2.75) is 45.0 Å². The van der Waals surface area contributed by atoms with Gasteiger partial charge in [0, 0.05) is 25.3 Å². The lowest BCUT2D eigenvalue weighted by Crippen LogP contribution is -2.54. The first-order valence-corrected chi connectivity index (χ1v) is 7.99. The fraction of sp³-hybridized carbons (Fsp3) is 0.588. The Hall–Kier alpha value is -1.92. The third-order valence-corrected chi connectivity index (χ3v) is 4.31. The fourth-order valence-electron chi connectivity index (χ4n) is 3.30. The predicted octanol–water partition coefficient (Wildman–Crippen LogP) is 3.69. The highest BCUT2D eigenvalue weighted by molar-refractivity contribution is 5.70. The van der Waals surface area contributed by atoms with Gasteiger partial charge in [-0.3, -0.25) is 0 Å². The largest absolute Gasteiger partial charge is 0.444 e. The number of ether oxygens (including phenoxy) is 1. The highest BCUT2D eigenvalue weighted by Crippen LogP contribution is 2.38. The van der Waals surface area contributed by atoms with Crippen LogP contribution in [-0.2, 0) is 17.3 Å². The molecular formula is C17H21F3N2O2. The zero-order valence-electron chi connectivity index (χ0n) is 14.0. The van der Waals surface area contributed by atoms with Crippen LogP contribution >= 0.6 is 0 Å². The lowest BCUT2D eigenvalue weighted by Gasteiger charge is -2.39. The smallest absolute Gasteiger partial charge is 0.416 e. The number of carbonyl (C=O) groups is 1. The molecule has 1 aromatic rings. The van der Waals surface area contributed by atoms with Crippen molar-refractivity contribution < 1.29 is 22.7 Å². The van der Waals surface area contributed by atoms with Crippen LogP contribution in [0.5, 0.6) is 0 Å². The number of fused-ring (bicyclic) bond motifs is 3. The van der Waals surface area contributed by atoms with Crippen LogP contribution in [0.2, 0.25) is 0 Å². The molecular weight excluding hydrogens is 321 g/mol. The molecule has 1 saturated heterocycles. The molecule has 2 aliphatic rings. The Labute approximate surface area is 139 Å². The summed E-state index contributed by atoms with van der Waals surface area (Å²) >= 11 is 0. The van der Waals surface area contributed by atoms with Crippen LogP contribution in [-0.4, -0.2) is 42.3 Å².